The number of ether oxygens (including phenoxy) is 1. The third-order valence-corrected chi connectivity index (χ3v) is 6.95. The van der Waals surface area contributed by atoms with Crippen LogP contribution in [0.4, 0.5) is 0 Å². The van der Waals surface area contributed by atoms with Crippen molar-refractivity contribution in [1.82, 2.24) is 14.6 Å². The molecule has 1 aromatic carbocycles. The molecule has 11 heteroatoms. The average molecular weight is 598 g/mol. The number of hydrogen-bond donors (Lipinski definition) is 1. The molecule has 0 aliphatic carbocycles. The van der Waals surface area contributed by atoms with E-state index in [1.54, 1.807) is 13.1 Å². The maximum absolute atomic E-state index is 12.7. The van der Waals surface area contributed by atoms with E-state index in [9.17, 15) is 18.4 Å². The summed E-state index contributed by atoms with van der Waals surface area (Å²) < 4.78 is 36.2. The number of aromatic nitrogens is 1. The number of hydrogen-bond acceptors (Lipinski definition) is 7. The van der Waals surface area contributed by atoms with Gasteiger partial charge in [-0.05, 0) is 48.4 Å². The average Bonchev–Trinajstić information content (AvgIpc) is 3.18. The van der Waals surface area contributed by atoms with Crippen LogP contribution in [0.5, 0.6) is 0 Å². The second kappa shape index (κ2) is 11.9. The number of furan rings is 1. The lowest BCUT2D eigenvalue weighted by Crippen LogP contribution is -2.27. The molecule has 34 heavy (non-hydrogen) atoms. The quantitative estimate of drug-likeness (QED) is 0.163. The van der Waals surface area contributed by atoms with Crippen molar-refractivity contribution in [1.29, 1.82) is 0 Å². The highest BCUT2D eigenvalue weighted by Gasteiger charge is 2.24. The number of unbranched alkanes of at least 4 members (excludes halogenated alkanes) is 1. The highest BCUT2D eigenvalue weighted by atomic mass is 127. The van der Waals surface area contributed by atoms with Gasteiger partial charge in [0.05, 0.1) is 30.3 Å². The summed E-state index contributed by atoms with van der Waals surface area (Å²) in [6.45, 7) is 2.25. The first-order valence-electron chi connectivity index (χ1n) is 10.6. The van der Waals surface area contributed by atoms with Crippen LogP contribution in [0.3, 0.4) is 0 Å². The molecule has 3 rings (SSSR count). The van der Waals surface area contributed by atoms with E-state index in [4.69, 9.17) is 4.42 Å². The Hall–Kier alpha value is -2.35. The summed E-state index contributed by atoms with van der Waals surface area (Å²) in [5.41, 5.74) is 2.97. The summed E-state index contributed by atoms with van der Waals surface area (Å²) >= 11 is -0.393. The van der Waals surface area contributed by atoms with Crippen molar-refractivity contribution in [3.63, 3.8) is 0 Å². The van der Waals surface area contributed by atoms with E-state index in [0.717, 1.165) is 11.1 Å². The fourth-order valence-electron chi connectivity index (χ4n) is 3.44. The number of pyridine rings is 1. The second-order valence-electron chi connectivity index (χ2n) is 7.63. The van der Waals surface area contributed by atoms with Gasteiger partial charge in [0.2, 0.25) is 5.71 Å². The van der Waals surface area contributed by atoms with Crippen LogP contribution in [0.1, 0.15) is 40.9 Å². The highest BCUT2D eigenvalue weighted by molar-refractivity contribution is 14.1. The molecule has 0 aliphatic rings. The Bertz CT molecular complexity index is 1210. The van der Waals surface area contributed by atoms with E-state index in [0.29, 0.717) is 38.8 Å². The molecular formula is C23H25IN3O6S-. The Morgan fingerprint density at radius 1 is 1.26 bits per heavy atom. The van der Waals surface area contributed by atoms with Gasteiger partial charge >= 0.3 is 5.97 Å². The Kier molecular flexibility index (Phi) is 9.17. The largest absolute Gasteiger partial charge is 0.760 e. The summed E-state index contributed by atoms with van der Waals surface area (Å²) in [7, 11) is 2.87. The number of methoxy groups -OCH3 is 1. The predicted molar refractivity (Wildman–Crippen MR) is 135 cm³/mol. The normalized spacial score (nSPS) is 12.2. The fraction of sp³-hybridized carbons (Fsp3) is 0.348. The van der Waals surface area contributed by atoms with Crippen molar-refractivity contribution in [3.05, 3.63) is 50.7 Å². The minimum atomic E-state index is -2.47. The Labute approximate surface area is 213 Å². The zero-order chi connectivity index (χ0) is 24.8. The molecule has 0 saturated carbocycles. The third kappa shape index (κ3) is 6.20. The number of carbonyl (C=O) groups excluding carboxylic acids is 2. The van der Waals surface area contributed by atoms with Crippen LogP contribution >= 0.6 is 22.6 Å². The lowest BCUT2D eigenvalue weighted by molar-refractivity contribution is -0.140. The number of carbonyl (C=O) groups is 2. The second-order valence-corrected chi connectivity index (χ2v) is 9.75. The van der Waals surface area contributed by atoms with Crippen molar-refractivity contribution in [2.24, 2.45) is 0 Å². The predicted octanol–water partition coefficient (Wildman–Crippen LogP) is 3.71. The van der Waals surface area contributed by atoms with Crippen LogP contribution < -0.4 is 5.32 Å². The van der Waals surface area contributed by atoms with Gasteiger partial charge in [-0.1, -0.05) is 29.8 Å². The van der Waals surface area contributed by atoms with Gasteiger partial charge in [-0.3, -0.25) is 13.8 Å². The molecule has 1 atom stereocenters. The number of amides is 1. The van der Waals surface area contributed by atoms with Crippen molar-refractivity contribution in [2.45, 2.75) is 32.7 Å². The summed E-state index contributed by atoms with van der Waals surface area (Å²) in [6, 6.07) is 9.40. The zero-order valence-electron chi connectivity index (χ0n) is 19.1. The maximum atomic E-state index is 12.7. The molecule has 3 aromatic rings. The molecule has 0 spiro atoms. The standard InChI is InChI=1S/C23H26IN3O6S/c1-14-7-9-15(10-8-14)21-20(22(29)25-2)16-12-17(24)18(26-23(16)33-21)13-27(34(30)31)11-5-4-6-19(28)32-3/h7-10,12H,4-6,11,13H2,1-3H3,(H,25,29)(H,30,31)/p-1. The van der Waals surface area contributed by atoms with Crippen molar-refractivity contribution < 1.29 is 27.5 Å². The van der Waals surface area contributed by atoms with Gasteiger partial charge in [-0.2, -0.15) is 0 Å². The Balaban J connectivity index is 1.92. The molecule has 1 amide bonds. The number of esters is 1. The van der Waals surface area contributed by atoms with Gasteiger partial charge in [-0.15, -0.1) is 0 Å². The number of nitrogens with one attached hydrogen (secondary N) is 1. The van der Waals surface area contributed by atoms with E-state index < -0.39 is 11.3 Å². The van der Waals surface area contributed by atoms with Crippen molar-refractivity contribution >= 4 is 56.8 Å². The summed E-state index contributed by atoms with van der Waals surface area (Å²) in [6.07, 6.45) is 1.24. The van der Waals surface area contributed by atoms with Crippen LogP contribution in [0.2, 0.25) is 0 Å². The summed E-state index contributed by atoms with van der Waals surface area (Å²) in [5, 5.41) is 3.20. The van der Waals surface area contributed by atoms with Crippen LogP contribution in [-0.2, 0) is 27.3 Å². The summed E-state index contributed by atoms with van der Waals surface area (Å²) in [5.74, 6) is -0.222. The molecule has 1 N–H and O–H groups in total. The molecular weight excluding hydrogens is 573 g/mol. The molecule has 0 saturated heterocycles. The lowest BCUT2D eigenvalue weighted by Gasteiger charge is -2.24. The Morgan fingerprint density at radius 2 is 1.97 bits per heavy atom. The van der Waals surface area contributed by atoms with Gasteiger partial charge in [0.1, 0.15) is 5.76 Å². The molecule has 0 aliphatic heterocycles. The van der Waals surface area contributed by atoms with Crippen LogP contribution in [0.15, 0.2) is 34.7 Å². The number of fused-ring (bicyclic) bond motifs is 1. The van der Waals surface area contributed by atoms with Crippen LogP contribution in [0, 0.1) is 10.5 Å². The number of aryl methyl sites for hydroxylation is 1. The van der Waals surface area contributed by atoms with E-state index in [1.165, 1.54) is 11.4 Å². The number of nitrogens with zero attached hydrogens (tertiary/aromatic N) is 2. The first kappa shape index (κ1) is 26.3. The number of halogens is 1. The summed E-state index contributed by atoms with van der Waals surface area (Å²) in [4.78, 5) is 28.5. The molecule has 182 valence electrons. The molecule has 1 unspecified atom stereocenters. The zero-order valence-corrected chi connectivity index (χ0v) is 22.0. The number of rotatable bonds is 10. The first-order valence-corrected chi connectivity index (χ1v) is 12.7. The van der Waals surface area contributed by atoms with E-state index >= 15 is 0 Å². The van der Waals surface area contributed by atoms with Gasteiger partial charge < -0.3 is 19.0 Å². The van der Waals surface area contributed by atoms with Gasteiger partial charge in [0, 0.05) is 40.4 Å². The molecule has 0 bridgehead atoms. The minimum Gasteiger partial charge on any atom is -0.760 e. The van der Waals surface area contributed by atoms with Crippen LogP contribution in [0.25, 0.3) is 22.4 Å². The minimum absolute atomic E-state index is 0.0401. The van der Waals surface area contributed by atoms with Crippen molar-refractivity contribution in [3.8, 4) is 11.3 Å². The fourth-order valence-corrected chi connectivity index (χ4v) is 4.55. The smallest absolute Gasteiger partial charge is 0.305 e. The van der Waals surface area contributed by atoms with Gasteiger partial charge in [-0.25, -0.2) is 9.29 Å². The monoisotopic (exact) mass is 598 g/mol. The molecule has 2 aromatic heterocycles. The van der Waals surface area contributed by atoms with Crippen molar-refractivity contribution in [2.75, 3.05) is 20.7 Å². The molecule has 0 radical (unpaired) electrons. The third-order valence-electron chi connectivity index (χ3n) is 5.28. The highest BCUT2D eigenvalue weighted by Crippen LogP contribution is 2.34. The van der Waals surface area contributed by atoms with E-state index in [2.05, 4.69) is 37.6 Å². The molecule has 9 nitrogen and oxygen atoms in total. The van der Waals surface area contributed by atoms with E-state index in [1.807, 2.05) is 31.2 Å². The van der Waals surface area contributed by atoms with Crippen LogP contribution in [-0.4, -0.2) is 50.6 Å². The first-order chi connectivity index (χ1) is 16.2. The van der Waals surface area contributed by atoms with Gasteiger partial charge in [0.15, 0.2) is 0 Å². The SMILES string of the molecule is CNC(=O)c1c(-c2ccc(C)cc2)oc2nc(CN(CCCCC(=O)OC)S(=O)[O-])c(I)cc12. The topological polar surface area (TPSA) is 125 Å². The lowest BCUT2D eigenvalue weighted by atomic mass is 10.0. The van der Waals surface area contributed by atoms with E-state index in [-0.39, 0.29) is 37.1 Å². The Morgan fingerprint density at radius 3 is 2.59 bits per heavy atom. The van der Waals surface area contributed by atoms with Gasteiger partial charge in [0.25, 0.3) is 5.91 Å². The molecule has 2 heterocycles. The number of benzene rings is 1. The molecule has 0 fully saturated rings. The maximum Gasteiger partial charge on any atom is 0.305 e.